The van der Waals surface area contributed by atoms with Gasteiger partial charge in [0.25, 0.3) is 5.91 Å². The third kappa shape index (κ3) is 5.16. The summed E-state index contributed by atoms with van der Waals surface area (Å²) in [5, 5.41) is 10.4. The number of hydrogen-bond acceptors (Lipinski definition) is 4. The number of carbonyl (C=O) groups excluding carboxylic acids is 2. The molecule has 1 aromatic carbocycles. The maximum Gasteiger partial charge on any atom is 0.407 e. The van der Waals surface area contributed by atoms with Gasteiger partial charge >= 0.3 is 6.09 Å². The Hall–Kier alpha value is -2.83. The summed E-state index contributed by atoms with van der Waals surface area (Å²) in [7, 11) is 0. The standard InChI is InChI=1S/C22H30N4O3/c1-16-18(14-24-26(16)17-10-6-5-7-11-17)19(27)25-22(12-8-9-13-22)15-23-20(28)29-21(2,3)4/h5-7,10-11,14H,8-9,12-13,15H2,1-4H3,(H,23,28)(H,25,27). The summed E-state index contributed by atoms with van der Waals surface area (Å²) < 4.78 is 7.09. The summed E-state index contributed by atoms with van der Waals surface area (Å²) >= 11 is 0. The van der Waals surface area contributed by atoms with Crippen molar-refractivity contribution in [3.63, 3.8) is 0 Å². The molecular formula is C22H30N4O3. The van der Waals surface area contributed by atoms with E-state index in [1.165, 1.54) is 0 Å². The van der Waals surface area contributed by atoms with Crippen molar-refractivity contribution in [3.8, 4) is 5.69 Å². The molecule has 1 aromatic heterocycles. The molecule has 7 heteroatoms. The molecule has 0 radical (unpaired) electrons. The largest absolute Gasteiger partial charge is 0.444 e. The number of aromatic nitrogens is 2. The number of para-hydroxylation sites is 1. The average molecular weight is 399 g/mol. The molecule has 2 N–H and O–H groups in total. The first-order valence-corrected chi connectivity index (χ1v) is 10.1. The molecule has 0 spiro atoms. The van der Waals surface area contributed by atoms with Crippen molar-refractivity contribution in [1.29, 1.82) is 0 Å². The van der Waals surface area contributed by atoms with E-state index in [1.54, 1.807) is 10.9 Å². The normalized spacial score (nSPS) is 15.7. The fourth-order valence-corrected chi connectivity index (χ4v) is 3.72. The molecule has 7 nitrogen and oxygen atoms in total. The molecule has 156 valence electrons. The van der Waals surface area contributed by atoms with E-state index in [1.807, 2.05) is 58.0 Å². The van der Waals surface area contributed by atoms with Crippen LogP contribution < -0.4 is 10.6 Å². The van der Waals surface area contributed by atoms with Crippen molar-refractivity contribution in [3.05, 3.63) is 47.8 Å². The lowest BCUT2D eigenvalue weighted by Crippen LogP contribution is -2.54. The van der Waals surface area contributed by atoms with E-state index >= 15 is 0 Å². The first-order valence-electron chi connectivity index (χ1n) is 10.1. The number of amides is 2. The van der Waals surface area contributed by atoms with Crippen molar-refractivity contribution in [2.75, 3.05) is 6.54 Å². The fraction of sp³-hybridized carbons (Fsp3) is 0.500. The second-order valence-electron chi connectivity index (χ2n) is 8.69. The van der Waals surface area contributed by atoms with Gasteiger partial charge in [0.05, 0.1) is 28.7 Å². The van der Waals surface area contributed by atoms with Crippen molar-refractivity contribution < 1.29 is 14.3 Å². The molecule has 0 bridgehead atoms. The van der Waals surface area contributed by atoms with Crippen LogP contribution in [-0.4, -0.2) is 39.5 Å². The second kappa shape index (κ2) is 8.27. The first kappa shape index (κ1) is 20.9. The maximum atomic E-state index is 13.0. The van der Waals surface area contributed by atoms with Gasteiger partial charge in [-0.15, -0.1) is 0 Å². The van der Waals surface area contributed by atoms with Gasteiger partial charge in [-0.1, -0.05) is 31.0 Å². The summed E-state index contributed by atoms with van der Waals surface area (Å²) in [6.07, 6.45) is 4.80. The Morgan fingerprint density at radius 3 is 2.45 bits per heavy atom. The fourth-order valence-electron chi connectivity index (χ4n) is 3.72. The quantitative estimate of drug-likeness (QED) is 0.803. The lowest BCUT2D eigenvalue weighted by molar-refractivity contribution is 0.0504. The molecule has 0 unspecified atom stereocenters. The van der Waals surface area contributed by atoms with Gasteiger partial charge in [0, 0.05) is 6.54 Å². The van der Waals surface area contributed by atoms with E-state index < -0.39 is 17.2 Å². The molecule has 2 amide bonds. The van der Waals surface area contributed by atoms with Crippen molar-refractivity contribution >= 4 is 12.0 Å². The minimum atomic E-state index is -0.556. The van der Waals surface area contributed by atoms with Gasteiger partial charge in [0.15, 0.2) is 0 Å². The third-order valence-electron chi connectivity index (χ3n) is 5.16. The molecule has 1 heterocycles. The number of nitrogens with one attached hydrogen (secondary N) is 2. The molecule has 29 heavy (non-hydrogen) atoms. The van der Waals surface area contributed by atoms with Crippen LogP contribution in [0, 0.1) is 6.92 Å². The molecule has 2 aromatic rings. The summed E-state index contributed by atoms with van der Waals surface area (Å²) in [5.74, 6) is -0.169. The Bertz CT molecular complexity index is 862. The number of rotatable bonds is 5. The SMILES string of the molecule is Cc1c(C(=O)NC2(CNC(=O)OC(C)(C)C)CCCC2)cnn1-c1ccccc1. The summed E-state index contributed by atoms with van der Waals surface area (Å²) in [4.78, 5) is 25.1. The predicted octanol–water partition coefficient (Wildman–Crippen LogP) is 3.75. The predicted molar refractivity (Wildman–Crippen MR) is 111 cm³/mol. The van der Waals surface area contributed by atoms with Crippen LogP contribution in [0.25, 0.3) is 5.69 Å². The minimum absolute atomic E-state index is 0.169. The average Bonchev–Trinajstić information content (AvgIpc) is 3.26. The topological polar surface area (TPSA) is 85.2 Å². The molecule has 1 fully saturated rings. The summed E-state index contributed by atoms with van der Waals surface area (Å²) in [5.41, 5.74) is 1.21. The summed E-state index contributed by atoms with van der Waals surface area (Å²) in [6, 6.07) is 9.71. The molecule has 3 rings (SSSR count). The molecule has 0 aliphatic heterocycles. The molecule has 0 atom stereocenters. The highest BCUT2D eigenvalue weighted by molar-refractivity contribution is 5.95. The Kier molecular flexibility index (Phi) is 5.96. The first-order chi connectivity index (χ1) is 13.7. The van der Waals surface area contributed by atoms with Gasteiger partial charge in [0.2, 0.25) is 0 Å². The van der Waals surface area contributed by atoms with Gasteiger partial charge < -0.3 is 15.4 Å². The monoisotopic (exact) mass is 398 g/mol. The van der Waals surface area contributed by atoms with Crippen molar-refractivity contribution in [2.45, 2.75) is 64.5 Å². The molecule has 1 saturated carbocycles. The number of ether oxygens (including phenoxy) is 1. The highest BCUT2D eigenvalue weighted by atomic mass is 16.6. The van der Waals surface area contributed by atoms with Crippen LogP contribution in [0.2, 0.25) is 0 Å². The zero-order chi connectivity index (χ0) is 21.1. The highest BCUT2D eigenvalue weighted by Gasteiger charge is 2.37. The Balaban J connectivity index is 1.70. The number of alkyl carbamates (subject to hydrolysis) is 1. The van der Waals surface area contributed by atoms with Crippen LogP contribution in [0.15, 0.2) is 36.5 Å². The van der Waals surface area contributed by atoms with Gasteiger partial charge in [-0.3, -0.25) is 4.79 Å². The number of benzene rings is 1. The van der Waals surface area contributed by atoms with Crippen LogP contribution in [0.3, 0.4) is 0 Å². The van der Waals surface area contributed by atoms with E-state index in [9.17, 15) is 9.59 Å². The zero-order valence-corrected chi connectivity index (χ0v) is 17.6. The van der Waals surface area contributed by atoms with Crippen molar-refractivity contribution in [1.82, 2.24) is 20.4 Å². The van der Waals surface area contributed by atoms with E-state index in [2.05, 4.69) is 15.7 Å². The van der Waals surface area contributed by atoms with Crippen LogP contribution in [0.1, 0.15) is 62.5 Å². The van der Waals surface area contributed by atoms with E-state index in [0.717, 1.165) is 37.1 Å². The van der Waals surface area contributed by atoms with E-state index in [-0.39, 0.29) is 5.91 Å². The lowest BCUT2D eigenvalue weighted by atomic mass is 9.96. The number of carbonyl (C=O) groups is 2. The Morgan fingerprint density at radius 2 is 1.83 bits per heavy atom. The molecule has 1 aliphatic rings. The van der Waals surface area contributed by atoms with E-state index in [4.69, 9.17) is 4.74 Å². The number of hydrogen-bond donors (Lipinski definition) is 2. The highest BCUT2D eigenvalue weighted by Crippen LogP contribution is 2.30. The van der Waals surface area contributed by atoms with Crippen molar-refractivity contribution in [2.24, 2.45) is 0 Å². The third-order valence-corrected chi connectivity index (χ3v) is 5.16. The van der Waals surface area contributed by atoms with Crippen LogP contribution in [0.4, 0.5) is 4.79 Å². The Labute approximate surface area is 171 Å². The van der Waals surface area contributed by atoms with Gasteiger partial charge in [0.1, 0.15) is 5.60 Å². The minimum Gasteiger partial charge on any atom is -0.444 e. The number of nitrogens with zero attached hydrogens (tertiary/aromatic N) is 2. The van der Waals surface area contributed by atoms with Gasteiger partial charge in [-0.2, -0.15) is 5.10 Å². The van der Waals surface area contributed by atoms with Crippen LogP contribution in [0.5, 0.6) is 0 Å². The Morgan fingerprint density at radius 1 is 1.17 bits per heavy atom. The summed E-state index contributed by atoms with van der Waals surface area (Å²) in [6.45, 7) is 7.71. The maximum absolute atomic E-state index is 13.0. The molecule has 0 saturated heterocycles. The zero-order valence-electron chi connectivity index (χ0n) is 17.6. The van der Waals surface area contributed by atoms with Crippen LogP contribution in [-0.2, 0) is 4.74 Å². The molecular weight excluding hydrogens is 368 g/mol. The van der Waals surface area contributed by atoms with E-state index in [0.29, 0.717) is 12.1 Å². The van der Waals surface area contributed by atoms with Gasteiger partial charge in [-0.25, -0.2) is 9.48 Å². The van der Waals surface area contributed by atoms with Crippen LogP contribution >= 0.6 is 0 Å². The smallest absolute Gasteiger partial charge is 0.407 e. The van der Waals surface area contributed by atoms with Gasteiger partial charge in [-0.05, 0) is 52.7 Å². The second-order valence-corrected chi connectivity index (χ2v) is 8.69. The molecule has 1 aliphatic carbocycles. The lowest BCUT2D eigenvalue weighted by Gasteiger charge is -2.31.